The average Bonchev–Trinajstić information content (AvgIpc) is 2.63. The van der Waals surface area contributed by atoms with Gasteiger partial charge in [0.1, 0.15) is 5.82 Å². The first-order valence-electron chi connectivity index (χ1n) is 8.47. The van der Waals surface area contributed by atoms with Crippen molar-refractivity contribution >= 4 is 11.6 Å². The van der Waals surface area contributed by atoms with Gasteiger partial charge < -0.3 is 9.80 Å². The van der Waals surface area contributed by atoms with Crippen molar-refractivity contribution in [3.05, 3.63) is 66.0 Å². The van der Waals surface area contributed by atoms with E-state index < -0.39 is 0 Å². The van der Waals surface area contributed by atoms with Crippen LogP contribution in [0, 0.1) is 5.82 Å². The minimum absolute atomic E-state index is 0.213. The maximum atomic E-state index is 13.0. The van der Waals surface area contributed by atoms with Crippen LogP contribution in [0.4, 0.5) is 10.1 Å². The standard InChI is InChI=1S/C20H23FN2O/c1-16(17-5-3-2-4-6-17)15-20(24)23-13-11-22(12-14-23)19-9-7-18(21)8-10-19/h2-10,16H,11-15H2,1H3/t16-/m1/s1. The lowest BCUT2D eigenvalue weighted by Gasteiger charge is -2.36. The molecule has 0 aliphatic carbocycles. The van der Waals surface area contributed by atoms with Crippen LogP contribution in [-0.4, -0.2) is 37.0 Å². The van der Waals surface area contributed by atoms with Crippen LogP contribution in [0.2, 0.25) is 0 Å². The molecule has 126 valence electrons. The van der Waals surface area contributed by atoms with E-state index in [1.165, 1.54) is 17.7 Å². The van der Waals surface area contributed by atoms with E-state index in [4.69, 9.17) is 0 Å². The number of hydrogen-bond acceptors (Lipinski definition) is 2. The molecule has 2 aromatic carbocycles. The van der Waals surface area contributed by atoms with Gasteiger partial charge in [-0.2, -0.15) is 0 Å². The molecule has 0 saturated carbocycles. The van der Waals surface area contributed by atoms with Crippen LogP contribution >= 0.6 is 0 Å². The van der Waals surface area contributed by atoms with E-state index in [2.05, 4.69) is 24.0 Å². The summed E-state index contributed by atoms with van der Waals surface area (Å²) in [6, 6.07) is 16.7. The molecule has 24 heavy (non-hydrogen) atoms. The van der Waals surface area contributed by atoms with E-state index >= 15 is 0 Å². The van der Waals surface area contributed by atoms with Gasteiger partial charge in [-0.1, -0.05) is 37.3 Å². The lowest BCUT2D eigenvalue weighted by molar-refractivity contribution is -0.131. The average molecular weight is 326 g/mol. The van der Waals surface area contributed by atoms with Crippen LogP contribution in [0.1, 0.15) is 24.8 Å². The molecule has 0 radical (unpaired) electrons. The van der Waals surface area contributed by atoms with Crippen molar-refractivity contribution in [3.63, 3.8) is 0 Å². The highest BCUT2D eigenvalue weighted by Gasteiger charge is 2.22. The fourth-order valence-corrected chi connectivity index (χ4v) is 3.16. The summed E-state index contributed by atoms with van der Waals surface area (Å²) in [6.45, 7) is 5.12. The summed E-state index contributed by atoms with van der Waals surface area (Å²) in [4.78, 5) is 16.7. The number of carbonyl (C=O) groups excluding carboxylic acids is 1. The first-order chi connectivity index (χ1) is 11.6. The Bertz CT molecular complexity index is 664. The molecule has 4 heteroatoms. The van der Waals surface area contributed by atoms with Crippen molar-refractivity contribution in [2.24, 2.45) is 0 Å². The number of piperazine rings is 1. The number of hydrogen-bond donors (Lipinski definition) is 0. The second-order valence-electron chi connectivity index (χ2n) is 6.36. The number of halogens is 1. The van der Waals surface area contributed by atoms with Gasteiger partial charge in [-0.15, -0.1) is 0 Å². The Hall–Kier alpha value is -2.36. The van der Waals surface area contributed by atoms with Crippen LogP contribution in [0.25, 0.3) is 0 Å². The van der Waals surface area contributed by atoms with Gasteiger partial charge in [-0.3, -0.25) is 4.79 Å². The Morgan fingerprint density at radius 3 is 2.25 bits per heavy atom. The van der Waals surface area contributed by atoms with Gasteiger partial charge in [0.05, 0.1) is 0 Å². The van der Waals surface area contributed by atoms with Crippen molar-refractivity contribution in [2.75, 3.05) is 31.1 Å². The van der Waals surface area contributed by atoms with Crippen molar-refractivity contribution in [3.8, 4) is 0 Å². The van der Waals surface area contributed by atoms with E-state index in [1.54, 1.807) is 12.1 Å². The Balaban J connectivity index is 1.52. The van der Waals surface area contributed by atoms with Gasteiger partial charge >= 0.3 is 0 Å². The Kier molecular flexibility index (Phi) is 5.14. The Morgan fingerprint density at radius 2 is 1.62 bits per heavy atom. The van der Waals surface area contributed by atoms with E-state index in [1.807, 2.05) is 23.1 Å². The minimum Gasteiger partial charge on any atom is -0.368 e. The number of carbonyl (C=O) groups is 1. The first-order valence-corrected chi connectivity index (χ1v) is 8.47. The molecule has 1 amide bonds. The lowest BCUT2D eigenvalue weighted by Crippen LogP contribution is -2.49. The lowest BCUT2D eigenvalue weighted by atomic mass is 9.97. The van der Waals surface area contributed by atoms with E-state index in [-0.39, 0.29) is 17.6 Å². The molecule has 0 N–H and O–H groups in total. The molecule has 0 spiro atoms. The van der Waals surface area contributed by atoms with Crippen molar-refractivity contribution in [1.29, 1.82) is 0 Å². The predicted molar refractivity (Wildman–Crippen MR) is 94.7 cm³/mol. The Labute approximate surface area is 142 Å². The van der Waals surface area contributed by atoms with Crippen LogP contribution < -0.4 is 4.90 Å². The topological polar surface area (TPSA) is 23.6 Å². The first kappa shape index (κ1) is 16.5. The normalized spacial score (nSPS) is 16.1. The molecular weight excluding hydrogens is 303 g/mol. The van der Waals surface area contributed by atoms with Gasteiger partial charge in [0.2, 0.25) is 5.91 Å². The maximum Gasteiger partial charge on any atom is 0.223 e. The number of benzene rings is 2. The highest BCUT2D eigenvalue weighted by atomic mass is 19.1. The van der Waals surface area contributed by atoms with Crippen LogP contribution in [-0.2, 0) is 4.79 Å². The summed E-state index contributed by atoms with van der Waals surface area (Å²) in [6.07, 6.45) is 0.542. The molecule has 1 saturated heterocycles. The molecule has 2 aromatic rings. The third-order valence-corrected chi connectivity index (χ3v) is 4.67. The van der Waals surface area contributed by atoms with E-state index in [0.29, 0.717) is 6.42 Å². The van der Waals surface area contributed by atoms with Gasteiger partial charge in [0.15, 0.2) is 0 Å². The molecule has 1 aliphatic heterocycles. The second-order valence-corrected chi connectivity index (χ2v) is 6.36. The molecule has 3 nitrogen and oxygen atoms in total. The number of anilines is 1. The maximum absolute atomic E-state index is 13.0. The van der Waals surface area contributed by atoms with Gasteiger partial charge in [0.25, 0.3) is 0 Å². The smallest absolute Gasteiger partial charge is 0.223 e. The monoisotopic (exact) mass is 326 g/mol. The predicted octanol–water partition coefficient (Wildman–Crippen LogP) is 3.67. The molecule has 1 fully saturated rings. The zero-order valence-electron chi connectivity index (χ0n) is 14.0. The zero-order chi connectivity index (χ0) is 16.9. The summed E-state index contributed by atoms with van der Waals surface area (Å²) in [5.41, 5.74) is 2.22. The fourth-order valence-electron chi connectivity index (χ4n) is 3.16. The summed E-state index contributed by atoms with van der Waals surface area (Å²) < 4.78 is 13.0. The molecule has 1 atom stereocenters. The number of rotatable bonds is 4. The molecule has 1 aliphatic rings. The van der Waals surface area contributed by atoms with Gasteiger partial charge in [0, 0.05) is 38.3 Å². The largest absolute Gasteiger partial charge is 0.368 e. The molecule has 0 aromatic heterocycles. The van der Waals surface area contributed by atoms with Crippen molar-refractivity contribution < 1.29 is 9.18 Å². The Morgan fingerprint density at radius 1 is 1.00 bits per heavy atom. The number of amides is 1. The van der Waals surface area contributed by atoms with E-state index in [0.717, 1.165) is 31.9 Å². The third kappa shape index (κ3) is 3.94. The molecule has 1 heterocycles. The quantitative estimate of drug-likeness (QED) is 0.856. The number of nitrogens with zero attached hydrogens (tertiary/aromatic N) is 2. The SMILES string of the molecule is C[C@H](CC(=O)N1CCN(c2ccc(F)cc2)CC1)c1ccccc1. The zero-order valence-corrected chi connectivity index (χ0v) is 14.0. The van der Waals surface area contributed by atoms with Crippen molar-refractivity contribution in [2.45, 2.75) is 19.3 Å². The van der Waals surface area contributed by atoms with Crippen LogP contribution in [0.15, 0.2) is 54.6 Å². The molecular formula is C20H23FN2O. The van der Waals surface area contributed by atoms with Crippen LogP contribution in [0.5, 0.6) is 0 Å². The molecule has 0 bridgehead atoms. The summed E-state index contributed by atoms with van der Waals surface area (Å²) in [7, 11) is 0. The fraction of sp³-hybridized carbons (Fsp3) is 0.350. The highest BCUT2D eigenvalue weighted by molar-refractivity contribution is 5.77. The van der Waals surface area contributed by atoms with E-state index in [9.17, 15) is 9.18 Å². The third-order valence-electron chi connectivity index (χ3n) is 4.67. The molecule has 0 unspecified atom stereocenters. The van der Waals surface area contributed by atoms with Crippen LogP contribution in [0.3, 0.4) is 0 Å². The minimum atomic E-state index is -0.220. The van der Waals surface area contributed by atoms with Gasteiger partial charge in [-0.05, 0) is 35.7 Å². The second kappa shape index (κ2) is 7.47. The summed E-state index contributed by atoms with van der Waals surface area (Å²) in [5.74, 6) is 0.224. The summed E-state index contributed by atoms with van der Waals surface area (Å²) >= 11 is 0. The summed E-state index contributed by atoms with van der Waals surface area (Å²) in [5, 5.41) is 0. The van der Waals surface area contributed by atoms with Gasteiger partial charge in [-0.25, -0.2) is 4.39 Å². The molecule has 3 rings (SSSR count). The van der Waals surface area contributed by atoms with Crippen molar-refractivity contribution in [1.82, 2.24) is 4.90 Å². The highest BCUT2D eigenvalue weighted by Crippen LogP contribution is 2.21.